The number of piperazine rings is 1. The molecule has 0 N–H and O–H groups in total. The number of amides is 1. The Bertz CT molecular complexity index is 856. The average molecular weight is 387 g/mol. The van der Waals surface area contributed by atoms with Crippen LogP contribution < -0.4 is 9.64 Å². The van der Waals surface area contributed by atoms with Crippen molar-refractivity contribution < 1.29 is 9.53 Å². The fourth-order valence-corrected chi connectivity index (χ4v) is 3.57. The zero-order chi connectivity index (χ0) is 19.0. The van der Waals surface area contributed by atoms with Gasteiger partial charge in [0.2, 0.25) is 11.8 Å². The highest BCUT2D eigenvalue weighted by Crippen LogP contribution is 2.33. The van der Waals surface area contributed by atoms with Crippen LogP contribution in [0.5, 0.6) is 11.6 Å². The summed E-state index contributed by atoms with van der Waals surface area (Å²) in [6.07, 6.45) is 3.58. The Hall–Kier alpha value is -2.34. The molecule has 2 aliphatic rings. The lowest BCUT2D eigenvalue weighted by Gasteiger charge is -2.40. The predicted octanol–water partition coefficient (Wildman–Crippen LogP) is 3.68. The van der Waals surface area contributed by atoms with Crippen LogP contribution in [0.25, 0.3) is 0 Å². The van der Waals surface area contributed by atoms with E-state index in [9.17, 15) is 4.79 Å². The highest BCUT2D eigenvalue weighted by molar-refractivity contribution is 6.32. The molecule has 2 heterocycles. The van der Waals surface area contributed by atoms with E-state index in [-0.39, 0.29) is 12.0 Å². The summed E-state index contributed by atoms with van der Waals surface area (Å²) < 4.78 is 5.87. The van der Waals surface area contributed by atoms with Crippen LogP contribution in [-0.2, 0) is 4.79 Å². The number of carbonyl (C=O) groups excluding carboxylic acids is 1. The van der Waals surface area contributed by atoms with E-state index >= 15 is 0 Å². The van der Waals surface area contributed by atoms with Crippen molar-refractivity contribution in [2.24, 2.45) is 5.92 Å². The Balaban J connectivity index is 1.46. The smallest absolute Gasteiger partial charge is 0.226 e. The van der Waals surface area contributed by atoms with E-state index in [4.69, 9.17) is 16.3 Å². The quantitative estimate of drug-likeness (QED) is 0.802. The van der Waals surface area contributed by atoms with E-state index in [1.807, 2.05) is 36.1 Å². The standard InChI is InChI=1S/C20H23ClN4O2/c1-13-3-6-16(21)17(9-13)27-19-10-18(22-12-23-19)24-7-8-25(14(2)11-24)20(26)15-4-5-15/h3,6,9-10,12,14-15H,4-5,7-8,11H2,1-2H3/t14-/m1/s1. The van der Waals surface area contributed by atoms with Crippen LogP contribution in [-0.4, -0.2) is 46.5 Å². The Kier molecular flexibility index (Phi) is 4.91. The van der Waals surface area contributed by atoms with Gasteiger partial charge in [0, 0.05) is 37.7 Å². The molecule has 2 aromatic rings. The molecule has 7 heteroatoms. The zero-order valence-corrected chi connectivity index (χ0v) is 16.3. The minimum absolute atomic E-state index is 0.164. The molecule has 27 heavy (non-hydrogen) atoms. The first-order valence-electron chi connectivity index (χ1n) is 9.33. The molecule has 1 aromatic carbocycles. The van der Waals surface area contributed by atoms with Gasteiger partial charge in [0.1, 0.15) is 17.9 Å². The largest absolute Gasteiger partial charge is 0.437 e. The maximum absolute atomic E-state index is 12.4. The molecule has 1 saturated carbocycles. The van der Waals surface area contributed by atoms with Crippen molar-refractivity contribution in [2.45, 2.75) is 32.7 Å². The van der Waals surface area contributed by atoms with Crippen molar-refractivity contribution in [1.82, 2.24) is 14.9 Å². The number of ether oxygens (including phenoxy) is 1. The molecule has 0 bridgehead atoms. The van der Waals surface area contributed by atoms with Crippen molar-refractivity contribution in [2.75, 3.05) is 24.5 Å². The minimum atomic E-state index is 0.164. The number of anilines is 1. The lowest BCUT2D eigenvalue weighted by molar-refractivity contribution is -0.134. The number of hydrogen-bond acceptors (Lipinski definition) is 5. The number of nitrogens with zero attached hydrogens (tertiary/aromatic N) is 4. The number of benzene rings is 1. The van der Waals surface area contributed by atoms with Crippen LogP contribution in [0.1, 0.15) is 25.3 Å². The predicted molar refractivity (Wildman–Crippen MR) is 104 cm³/mol. The molecule has 2 fully saturated rings. The highest BCUT2D eigenvalue weighted by atomic mass is 35.5. The molecule has 0 unspecified atom stereocenters. The first-order valence-corrected chi connectivity index (χ1v) is 9.70. The van der Waals surface area contributed by atoms with Crippen LogP contribution >= 0.6 is 11.6 Å². The van der Waals surface area contributed by atoms with Gasteiger partial charge in [-0.2, -0.15) is 0 Å². The molecular formula is C20H23ClN4O2. The summed E-state index contributed by atoms with van der Waals surface area (Å²) >= 11 is 6.21. The topological polar surface area (TPSA) is 58.6 Å². The first kappa shape index (κ1) is 18.0. The van der Waals surface area contributed by atoms with Gasteiger partial charge >= 0.3 is 0 Å². The average Bonchev–Trinajstić information content (AvgIpc) is 3.50. The third-order valence-electron chi connectivity index (χ3n) is 5.09. The maximum atomic E-state index is 12.4. The summed E-state index contributed by atoms with van der Waals surface area (Å²) in [5, 5.41) is 0.543. The van der Waals surface area contributed by atoms with Gasteiger partial charge in [-0.25, -0.2) is 9.97 Å². The number of aromatic nitrogens is 2. The highest BCUT2D eigenvalue weighted by Gasteiger charge is 2.37. The second-order valence-electron chi connectivity index (χ2n) is 7.35. The number of halogens is 1. The second-order valence-corrected chi connectivity index (χ2v) is 7.76. The maximum Gasteiger partial charge on any atom is 0.226 e. The van der Waals surface area contributed by atoms with E-state index in [0.717, 1.165) is 43.9 Å². The first-order chi connectivity index (χ1) is 13.0. The lowest BCUT2D eigenvalue weighted by atomic mass is 10.1. The van der Waals surface area contributed by atoms with Crippen LogP contribution in [0, 0.1) is 12.8 Å². The van der Waals surface area contributed by atoms with Gasteiger partial charge in [-0.15, -0.1) is 0 Å². The van der Waals surface area contributed by atoms with Gasteiger partial charge in [-0.05, 0) is 44.4 Å². The molecule has 142 valence electrons. The van der Waals surface area contributed by atoms with E-state index < -0.39 is 0 Å². The minimum Gasteiger partial charge on any atom is -0.437 e. The SMILES string of the molecule is Cc1ccc(Cl)c(Oc2cc(N3CCN(C(=O)C4CC4)[C@H](C)C3)ncn2)c1. The second kappa shape index (κ2) is 7.35. The summed E-state index contributed by atoms with van der Waals surface area (Å²) in [6, 6.07) is 7.62. The molecule has 1 saturated heterocycles. The van der Waals surface area contributed by atoms with E-state index in [1.165, 1.54) is 6.33 Å². The summed E-state index contributed by atoms with van der Waals surface area (Å²) in [6.45, 7) is 6.31. The summed E-state index contributed by atoms with van der Waals surface area (Å²) in [4.78, 5) is 25.2. The summed E-state index contributed by atoms with van der Waals surface area (Å²) in [5.41, 5.74) is 1.06. The zero-order valence-electron chi connectivity index (χ0n) is 15.6. The van der Waals surface area contributed by atoms with Crippen LogP contribution in [0.3, 0.4) is 0 Å². The molecule has 0 radical (unpaired) electrons. The molecule has 1 aliphatic heterocycles. The molecule has 1 aromatic heterocycles. The number of carbonyl (C=O) groups is 1. The number of hydrogen-bond donors (Lipinski definition) is 0. The van der Waals surface area contributed by atoms with Crippen molar-refractivity contribution in [1.29, 1.82) is 0 Å². The third kappa shape index (κ3) is 4.00. The molecule has 6 nitrogen and oxygen atoms in total. The fraction of sp³-hybridized carbons (Fsp3) is 0.450. The van der Waals surface area contributed by atoms with Crippen LogP contribution in [0.15, 0.2) is 30.6 Å². The fourth-order valence-electron chi connectivity index (χ4n) is 3.42. The summed E-state index contributed by atoms with van der Waals surface area (Å²) in [5.74, 6) is 2.40. The van der Waals surface area contributed by atoms with Gasteiger partial charge in [-0.3, -0.25) is 4.79 Å². The van der Waals surface area contributed by atoms with Gasteiger partial charge < -0.3 is 14.5 Å². The summed E-state index contributed by atoms with van der Waals surface area (Å²) in [7, 11) is 0. The lowest BCUT2D eigenvalue weighted by Crippen LogP contribution is -2.54. The molecular weight excluding hydrogens is 364 g/mol. The van der Waals surface area contributed by atoms with Crippen molar-refractivity contribution in [3.8, 4) is 11.6 Å². The molecule has 0 spiro atoms. The van der Waals surface area contributed by atoms with E-state index in [2.05, 4.69) is 21.8 Å². The molecule has 1 amide bonds. The van der Waals surface area contributed by atoms with Gasteiger partial charge in [0.25, 0.3) is 0 Å². The Labute approximate surface area is 164 Å². The van der Waals surface area contributed by atoms with Gasteiger partial charge in [0.05, 0.1) is 5.02 Å². The number of rotatable bonds is 4. The Morgan fingerprint density at radius 1 is 1.22 bits per heavy atom. The van der Waals surface area contributed by atoms with E-state index in [1.54, 1.807) is 0 Å². The Morgan fingerprint density at radius 3 is 2.78 bits per heavy atom. The Morgan fingerprint density at radius 2 is 2.04 bits per heavy atom. The monoisotopic (exact) mass is 386 g/mol. The number of aryl methyl sites for hydroxylation is 1. The molecule has 4 rings (SSSR count). The van der Waals surface area contributed by atoms with Crippen LogP contribution in [0.2, 0.25) is 5.02 Å². The van der Waals surface area contributed by atoms with Gasteiger partial charge in [0.15, 0.2) is 0 Å². The third-order valence-corrected chi connectivity index (χ3v) is 5.40. The molecule has 1 atom stereocenters. The van der Waals surface area contributed by atoms with Crippen molar-refractivity contribution in [3.05, 3.63) is 41.2 Å². The van der Waals surface area contributed by atoms with Crippen molar-refractivity contribution in [3.63, 3.8) is 0 Å². The van der Waals surface area contributed by atoms with Gasteiger partial charge in [-0.1, -0.05) is 17.7 Å². The van der Waals surface area contributed by atoms with Crippen LogP contribution in [0.4, 0.5) is 5.82 Å². The van der Waals surface area contributed by atoms with E-state index in [0.29, 0.717) is 22.6 Å². The normalized spacial score (nSPS) is 19.9. The molecule has 1 aliphatic carbocycles. The van der Waals surface area contributed by atoms with Crippen molar-refractivity contribution >= 4 is 23.3 Å².